The van der Waals surface area contributed by atoms with Crippen molar-refractivity contribution in [3.63, 3.8) is 0 Å². The maximum atomic E-state index is 13.2. The second kappa shape index (κ2) is 9.59. The van der Waals surface area contributed by atoms with E-state index in [1.807, 2.05) is 0 Å². The summed E-state index contributed by atoms with van der Waals surface area (Å²) in [5.74, 6) is -2.90. The van der Waals surface area contributed by atoms with Gasteiger partial charge in [0.05, 0.1) is 0 Å². The van der Waals surface area contributed by atoms with Gasteiger partial charge in [-0.25, -0.2) is 8.78 Å². The molecule has 1 unspecified atom stereocenters. The Bertz CT molecular complexity index is 644. The van der Waals surface area contributed by atoms with E-state index in [1.165, 1.54) is 6.07 Å². The third-order valence-corrected chi connectivity index (χ3v) is 5.40. The van der Waals surface area contributed by atoms with Gasteiger partial charge in [0.15, 0.2) is 11.6 Å². The SMILES string of the molecule is NC(CCCCB(O)O)(C(=O)O)[C@H]1C[C@H](NCCc2ccc(F)c(F)c2)C1. The fourth-order valence-corrected chi connectivity index (χ4v) is 3.55. The first-order chi connectivity index (χ1) is 12.7. The molecular weight excluding hydrogens is 357 g/mol. The molecule has 0 saturated heterocycles. The quantitative estimate of drug-likeness (QED) is 0.290. The first-order valence-electron chi connectivity index (χ1n) is 9.28. The molecular formula is C18H27BF2N2O4. The molecule has 1 fully saturated rings. The van der Waals surface area contributed by atoms with E-state index in [4.69, 9.17) is 15.8 Å². The molecule has 0 aliphatic heterocycles. The predicted octanol–water partition coefficient (Wildman–Crippen LogP) is 1.30. The zero-order valence-corrected chi connectivity index (χ0v) is 15.2. The van der Waals surface area contributed by atoms with Crippen LogP contribution in [0.15, 0.2) is 18.2 Å². The zero-order valence-electron chi connectivity index (χ0n) is 15.2. The van der Waals surface area contributed by atoms with E-state index in [0.29, 0.717) is 50.6 Å². The highest BCUT2D eigenvalue weighted by atomic mass is 19.2. The summed E-state index contributed by atoms with van der Waals surface area (Å²) >= 11 is 0. The van der Waals surface area contributed by atoms with Crippen LogP contribution in [0, 0.1) is 17.6 Å². The lowest BCUT2D eigenvalue weighted by atomic mass is 9.66. The number of nitrogens with one attached hydrogen (secondary N) is 1. The molecule has 0 amide bonds. The number of benzene rings is 1. The minimum absolute atomic E-state index is 0.144. The summed E-state index contributed by atoms with van der Waals surface area (Å²) in [5, 5.41) is 30.5. The minimum Gasteiger partial charge on any atom is -0.480 e. The number of hydrogen-bond acceptors (Lipinski definition) is 5. The van der Waals surface area contributed by atoms with E-state index >= 15 is 0 Å². The van der Waals surface area contributed by atoms with Gasteiger partial charge in [-0.2, -0.15) is 0 Å². The van der Waals surface area contributed by atoms with Gasteiger partial charge in [0.2, 0.25) is 0 Å². The average Bonchev–Trinajstić information content (AvgIpc) is 2.56. The summed E-state index contributed by atoms with van der Waals surface area (Å²) < 4.78 is 26.1. The van der Waals surface area contributed by atoms with Crippen LogP contribution in [0.25, 0.3) is 0 Å². The van der Waals surface area contributed by atoms with E-state index in [1.54, 1.807) is 6.07 Å². The van der Waals surface area contributed by atoms with Gasteiger partial charge in [0.25, 0.3) is 0 Å². The van der Waals surface area contributed by atoms with Crippen LogP contribution in [0.4, 0.5) is 8.78 Å². The zero-order chi connectivity index (χ0) is 20.0. The Morgan fingerprint density at radius 2 is 1.96 bits per heavy atom. The Morgan fingerprint density at radius 3 is 2.56 bits per heavy atom. The summed E-state index contributed by atoms with van der Waals surface area (Å²) in [6.45, 7) is 0.585. The molecule has 0 heterocycles. The lowest BCUT2D eigenvalue weighted by Crippen LogP contribution is -2.61. The van der Waals surface area contributed by atoms with Crippen LogP contribution in [0.2, 0.25) is 6.32 Å². The van der Waals surface area contributed by atoms with Crippen molar-refractivity contribution >= 4 is 13.1 Å². The van der Waals surface area contributed by atoms with Crippen LogP contribution in [0.1, 0.15) is 37.7 Å². The molecule has 27 heavy (non-hydrogen) atoms. The smallest absolute Gasteiger partial charge is 0.451 e. The number of carbonyl (C=O) groups is 1. The van der Waals surface area contributed by atoms with Crippen molar-refractivity contribution in [3.05, 3.63) is 35.4 Å². The lowest BCUT2D eigenvalue weighted by Gasteiger charge is -2.45. The van der Waals surface area contributed by atoms with Gasteiger partial charge in [0.1, 0.15) is 5.54 Å². The van der Waals surface area contributed by atoms with Crippen molar-refractivity contribution in [2.75, 3.05) is 6.54 Å². The molecule has 6 N–H and O–H groups in total. The van der Waals surface area contributed by atoms with Gasteiger partial charge in [-0.05, 0) is 62.2 Å². The molecule has 1 aliphatic carbocycles. The monoisotopic (exact) mass is 384 g/mol. The fourth-order valence-electron chi connectivity index (χ4n) is 3.55. The van der Waals surface area contributed by atoms with Gasteiger partial charge in [-0.15, -0.1) is 0 Å². The van der Waals surface area contributed by atoms with Crippen molar-refractivity contribution in [3.8, 4) is 0 Å². The first-order valence-corrected chi connectivity index (χ1v) is 9.28. The van der Waals surface area contributed by atoms with Gasteiger partial charge in [0, 0.05) is 6.04 Å². The lowest BCUT2D eigenvalue weighted by molar-refractivity contribution is -0.148. The molecule has 6 nitrogen and oxygen atoms in total. The third-order valence-electron chi connectivity index (χ3n) is 5.40. The highest BCUT2D eigenvalue weighted by Crippen LogP contribution is 2.38. The number of nitrogens with two attached hydrogens (primary N) is 1. The van der Waals surface area contributed by atoms with Gasteiger partial charge in [-0.3, -0.25) is 4.79 Å². The normalized spacial score (nSPS) is 21.4. The molecule has 1 atom stereocenters. The number of aliphatic carboxylic acids is 1. The molecule has 2 rings (SSSR count). The molecule has 0 radical (unpaired) electrons. The first kappa shape index (κ1) is 21.8. The average molecular weight is 384 g/mol. The topological polar surface area (TPSA) is 116 Å². The number of carboxylic acid groups (broad SMARTS) is 1. The van der Waals surface area contributed by atoms with E-state index < -0.39 is 30.3 Å². The van der Waals surface area contributed by atoms with Crippen LogP contribution >= 0.6 is 0 Å². The van der Waals surface area contributed by atoms with Crippen LogP contribution in [-0.4, -0.2) is 46.4 Å². The van der Waals surface area contributed by atoms with E-state index in [-0.39, 0.29) is 18.3 Å². The Balaban J connectivity index is 1.73. The molecule has 1 aromatic carbocycles. The van der Waals surface area contributed by atoms with E-state index in [9.17, 15) is 18.7 Å². The van der Waals surface area contributed by atoms with E-state index in [0.717, 1.165) is 6.07 Å². The van der Waals surface area contributed by atoms with Crippen molar-refractivity contribution in [2.24, 2.45) is 11.7 Å². The maximum absolute atomic E-state index is 13.2. The molecule has 0 spiro atoms. The molecule has 150 valence electrons. The van der Waals surface area contributed by atoms with Crippen molar-refractivity contribution in [1.29, 1.82) is 0 Å². The number of carboxylic acids is 1. The third kappa shape index (κ3) is 5.97. The summed E-state index contributed by atoms with van der Waals surface area (Å²) in [6.07, 6.45) is 3.36. The Morgan fingerprint density at radius 1 is 1.26 bits per heavy atom. The predicted molar refractivity (Wildman–Crippen MR) is 98.0 cm³/mol. The molecule has 1 aliphatic rings. The number of hydrogen-bond donors (Lipinski definition) is 5. The molecule has 0 aromatic heterocycles. The Kier molecular flexibility index (Phi) is 7.73. The van der Waals surface area contributed by atoms with Gasteiger partial charge in [-0.1, -0.05) is 18.9 Å². The number of halogens is 2. The maximum Gasteiger partial charge on any atom is 0.451 e. The Labute approximate surface area is 157 Å². The summed E-state index contributed by atoms with van der Waals surface area (Å²) in [6, 6.07) is 3.98. The van der Waals surface area contributed by atoms with Crippen molar-refractivity contribution in [2.45, 2.75) is 56.4 Å². The Hall–Kier alpha value is -1.55. The van der Waals surface area contributed by atoms with Crippen LogP contribution in [0.5, 0.6) is 0 Å². The molecule has 0 bridgehead atoms. The highest BCUT2D eigenvalue weighted by molar-refractivity contribution is 6.40. The standard InChI is InChI=1S/C18H27BF2N2O4/c20-15-4-3-12(9-16(15)21)5-8-23-14-10-13(11-14)18(22,17(24)25)6-1-2-7-19(26)27/h3-4,9,13-14,23,26-27H,1-2,5-8,10-11,22H2,(H,24,25)/t13-,14-,18?. The fraction of sp³-hybridized carbons (Fsp3) is 0.611. The van der Waals surface area contributed by atoms with Crippen LogP contribution in [-0.2, 0) is 11.2 Å². The molecule has 9 heteroatoms. The number of unbranched alkanes of at least 4 members (excludes halogenated alkanes) is 1. The van der Waals surface area contributed by atoms with E-state index in [2.05, 4.69) is 5.32 Å². The summed E-state index contributed by atoms with van der Waals surface area (Å²) in [7, 11) is -1.38. The highest BCUT2D eigenvalue weighted by Gasteiger charge is 2.47. The molecule has 1 saturated carbocycles. The second-order valence-corrected chi connectivity index (χ2v) is 7.39. The molecule has 1 aromatic rings. The minimum atomic E-state index is -1.38. The second-order valence-electron chi connectivity index (χ2n) is 7.39. The number of rotatable bonds is 11. The van der Waals surface area contributed by atoms with Gasteiger partial charge >= 0.3 is 13.1 Å². The van der Waals surface area contributed by atoms with Crippen molar-refractivity contribution in [1.82, 2.24) is 5.32 Å². The summed E-state index contributed by atoms with van der Waals surface area (Å²) in [4.78, 5) is 11.6. The summed E-state index contributed by atoms with van der Waals surface area (Å²) in [5.41, 5.74) is 5.54. The van der Waals surface area contributed by atoms with Gasteiger partial charge < -0.3 is 26.2 Å². The largest absolute Gasteiger partial charge is 0.480 e. The van der Waals surface area contributed by atoms with Crippen LogP contribution in [0.3, 0.4) is 0 Å². The van der Waals surface area contributed by atoms with Crippen molar-refractivity contribution < 1.29 is 28.7 Å². The van der Waals surface area contributed by atoms with Crippen LogP contribution < -0.4 is 11.1 Å².